The molecule has 42 valence electrons. The Morgan fingerprint density at radius 3 is 2.29 bits per heavy atom. The van der Waals surface area contributed by atoms with Crippen LogP contribution >= 0.6 is 0 Å². The minimum atomic E-state index is 1.20. The van der Waals surface area contributed by atoms with Crippen molar-refractivity contribution in [3.8, 4) is 0 Å². The van der Waals surface area contributed by atoms with Crippen LogP contribution in [-0.2, 0) is 0 Å². The molecule has 0 aliphatic rings. The van der Waals surface area contributed by atoms with E-state index in [1.165, 1.54) is 24.8 Å². The monoisotopic (exact) mass is 99.1 g/mol. The van der Waals surface area contributed by atoms with E-state index in [9.17, 15) is 0 Å². The molecule has 0 nitrogen and oxygen atoms in total. The molecular weight excluding hydrogens is 85.1 g/mol. The lowest BCUT2D eigenvalue weighted by atomic mass is 10.3. The Bertz CT molecular complexity index is 53.1. The molecule has 0 aliphatic carbocycles. The third kappa shape index (κ3) is 5.74. The highest BCUT2D eigenvalue weighted by Gasteiger charge is 1.81. The molecule has 7 heavy (non-hydrogen) atoms. The normalized spacial score (nSPS) is 8.86. The van der Waals surface area contributed by atoms with Crippen molar-refractivity contribution >= 4 is 0 Å². The zero-order valence-corrected chi connectivity index (χ0v) is 5.33. The van der Waals surface area contributed by atoms with Crippen LogP contribution < -0.4 is 0 Å². The molecule has 0 aromatic rings. The Balaban J connectivity index is 2.82. The molecule has 0 spiro atoms. The zero-order chi connectivity index (χ0) is 5.70. The van der Waals surface area contributed by atoms with Gasteiger partial charge in [0.15, 0.2) is 0 Å². The number of hydrogen-bond donors (Lipinski definition) is 0. The highest BCUT2D eigenvalue weighted by Crippen LogP contribution is 2.01. The van der Waals surface area contributed by atoms with Crippen molar-refractivity contribution < 1.29 is 0 Å². The highest BCUT2D eigenvalue weighted by molar-refractivity contribution is 4.86. The fraction of sp³-hybridized carbons (Fsp3) is 0.714. The van der Waals surface area contributed by atoms with Gasteiger partial charge >= 0.3 is 0 Å². The molecule has 0 fully saturated rings. The quantitative estimate of drug-likeness (QED) is 0.377. The van der Waals surface area contributed by atoms with Gasteiger partial charge in [-0.05, 0) is 19.8 Å². The van der Waals surface area contributed by atoms with E-state index in [2.05, 4.69) is 20.4 Å². The van der Waals surface area contributed by atoms with Gasteiger partial charge in [-0.2, -0.15) is 0 Å². The first kappa shape index (κ1) is 6.74. The maximum absolute atomic E-state index is 3.79. The average Bonchev–Trinajstić information content (AvgIpc) is 1.61. The maximum Gasteiger partial charge on any atom is -0.0326 e. The van der Waals surface area contributed by atoms with Crippen LogP contribution in [0.25, 0.3) is 0 Å². The predicted octanol–water partition coefficient (Wildman–Crippen LogP) is 2.75. The molecule has 0 rings (SSSR count). The number of rotatable bonds is 3. The van der Waals surface area contributed by atoms with Crippen molar-refractivity contribution in [3.63, 3.8) is 0 Å². The van der Waals surface area contributed by atoms with Crippen molar-refractivity contribution in [2.75, 3.05) is 0 Å². The first-order valence-electron chi connectivity index (χ1n) is 2.91. The molecule has 0 atom stereocenters. The van der Waals surface area contributed by atoms with Gasteiger partial charge < -0.3 is 0 Å². The SMILES string of the molecule is C=[13C](C)CCCC. The third-order valence-corrected chi connectivity index (χ3v) is 0.957. The molecule has 0 N–H and O–H groups in total. The molecule has 0 saturated carbocycles. The van der Waals surface area contributed by atoms with Crippen molar-refractivity contribution in [3.05, 3.63) is 12.2 Å². The number of unbranched alkanes of at least 4 members (excludes halogenated alkanes) is 1. The van der Waals surface area contributed by atoms with Crippen molar-refractivity contribution in [1.82, 2.24) is 0 Å². The van der Waals surface area contributed by atoms with Crippen LogP contribution in [0, 0.1) is 0 Å². The van der Waals surface area contributed by atoms with Gasteiger partial charge in [0, 0.05) is 0 Å². The smallest absolute Gasteiger partial charge is 0.0326 e. The lowest BCUT2D eigenvalue weighted by Crippen LogP contribution is -1.71. The van der Waals surface area contributed by atoms with E-state index in [1.54, 1.807) is 0 Å². The van der Waals surface area contributed by atoms with E-state index in [1.807, 2.05) is 0 Å². The minimum Gasteiger partial charge on any atom is -0.100 e. The number of hydrogen-bond acceptors (Lipinski definition) is 0. The van der Waals surface area contributed by atoms with Crippen LogP contribution in [0.3, 0.4) is 0 Å². The minimum absolute atomic E-state index is 1.20. The lowest BCUT2D eigenvalue weighted by Gasteiger charge is -1.91. The van der Waals surface area contributed by atoms with Gasteiger partial charge in [-0.25, -0.2) is 0 Å². The van der Waals surface area contributed by atoms with Gasteiger partial charge in [0.2, 0.25) is 0 Å². The number of allylic oxidation sites excluding steroid dienone is 1. The topological polar surface area (TPSA) is 0 Å². The van der Waals surface area contributed by atoms with Crippen LogP contribution in [-0.4, -0.2) is 0 Å². The second-order valence-corrected chi connectivity index (χ2v) is 2.06. The average molecular weight is 99.2 g/mol. The Morgan fingerprint density at radius 1 is 1.57 bits per heavy atom. The van der Waals surface area contributed by atoms with E-state index in [0.717, 1.165) is 0 Å². The summed E-state index contributed by atoms with van der Waals surface area (Å²) in [6, 6.07) is 0. The summed E-state index contributed by atoms with van der Waals surface area (Å²) < 4.78 is 0. The fourth-order valence-electron chi connectivity index (χ4n) is 0.479. The van der Waals surface area contributed by atoms with Crippen LogP contribution in [0.5, 0.6) is 0 Å². The Morgan fingerprint density at radius 2 is 2.14 bits per heavy atom. The van der Waals surface area contributed by atoms with Crippen molar-refractivity contribution in [1.29, 1.82) is 0 Å². The van der Waals surface area contributed by atoms with Gasteiger partial charge in [0.25, 0.3) is 0 Å². The summed E-state index contributed by atoms with van der Waals surface area (Å²) in [5.74, 6) is 0. The molecule has 0 saturated heterocycles. The highest BCUT2D eigenvalue weighted by atomic mass is 14.3. The van der Waals surface area contributed by atoms with E-state index in [4.69, 9.17) is 0 Å². The third-order valence-electron chi connectivity index (χ3n) is 0.957. The Labute approximate surface area is 46.2 Å². The van der Waals surface area contributed by atoms with Crippen LogP contribution in [0.1, 0.15) is 33.1 Å². The molecule has 0 aromatic carbocycles. The summed E-state index contributed by atoms with van der Waals surface area (Å²) in [6.45, 7) is 8.07. The molecular formula is C7H14. The van der Waals surface area contributed by atoms with Gasteiger partial charge in [-0.3, -0.25) is 0 Å². The van der Waals surface area contributed by atoms with Crippen LogP contribution in [0.4, 0.5) is 0 Å². The largest absolute Gasteiger partial charge is 0.100 e. The first-order chi connectivity index (χ1) is 3.27. The predicted molar refractivity (Wildman–Crippen MR) is 34.3 cm³/mol. The summed E-state index contributed by atoms with van der Waals surface area (Å²) in [5, 5.41) is 0. The lowest BCUT2D eigenvalue weighted by molar-refractivity contribution is 0.789. The second-order valence-electron chi connectivity index (χ2n) is 2.06. The molecule has 0 radical (unpaired) electrons. The Hall–Kier alpha value is -0.260. The van der Waals surface area contributed by atoms with Gasteiger partial charge in [0.05, 0.1) is 0 Å². The summed E-state index contributed by atoms with van der Waals surface area (Å²) >= 11 is 0. The maximum atomic E-state index is 3.79. The molecule has 0 amide bonds. The van der Waals surface area contributed by atoms with Gasteiger partial charge in [-0.15, -0.1) is 6.58 Å². The van der Waals surface area contributed by atoms with Crippen molar-refractivity contribution in [2.24, 2.45) is 0 Å². The first-order valence-corrected chi connectivity index (χ1v) is 2.91. The molecule has 0 heteroatoms. The van der Waals surface area contributed by atoms with E-state index < -0.39 is 0 Å². The molecule has 0 aromatic heterocycles. The second kappa shape index (κ2) is 3.91. The van der Waals surface area contributed by atoms with Gasteiger partial charge in [-0.1, -0.05) is 18.9 Å². The zero-order valence-electron chi connectivity index (χ0n) is 5.33. The molecule has 0 heterocycles. The summed E-state index contributed by atoms with van der Waals surface area (Å²) in [7, 11) is 0. The van der Waals surface area contributed by atoms with E-state index in [-0.39, 0.29) is 0 Å². The van der Waals surface area contributed by atoms with E-state index in [0.29, 0.717) is 0 Å². The summed E-state index contributed by atoms with van der Waals surface area (Å²) in [4.78, 5) is 0. The van der Waals surface area contributed by atoms with E-state index >= 15 is 0 Å². The summed E-state index contributed by atoms with van der Waals surface area (Å²) in [5.41, 5.74) is 1.31. The Kier molecular flexibility index (Phi) is 3.77. The molecule has 0 aliphatic heterocycles. The van der Waals surface area contributed by atoms with Crippen molar-refractivity contribution in [2.45, 2.75) is 33.1 Å². The van der Waals surface area contributed by atoms with Gasteiger partial charge in [0.1, 0.15) is 0 Å². The van der Waals surface area contributed by atoms with Crippen LogP contribution in [0.2, 0.25) is 0 Å². The fourth-order valence-corrected chi connectivity index (χ4v) is 0.479. The standard InChI is InChI=1S/C7H14/c1-4-5-6-7(2)3/h2,4-6H2,1,3H3/i7+1. The van der Waals surface area contributed by atoms with Crippen LogP contribution in [0.15, 0.2) is 12.2 Å². The molecule has 0 bridgehead atoms. The molecule has 0 unspecified atom stereocenters. The summed E-state index contributed by atoms with van der Waals surface area (Å²) in [6.07, 6.45) is 3.79.